The number of nitrogens with one attached hydrogen (secondary N) is 1. The van der Waals surface area contributed by atoms with E-state index in [4.69, 9.17) is 4.74 Å². The predicted molar refractivity (Wildman–Crippen MR) is 61.9 cm³/mol. The molecule has 0 aromatic rings. The Morgan fingerprint density at radius 2 is 2.20 bits per heavy atom. The number of ether oxygens (including phenoxy) is 1. The van der Waals surface area contributed by atoms with E-state index in [1.54, 1.807) is 0 Å². The zero-order valence-electron chi connectivity index (χ0n) is 10.1. The van der Waals surface area contributed by atoms with E-state index in [9.17, 15) is 5.11 Å². The molecule has 0 aliphatic heterocycles. The lowest BCUT2D eigenvalue weighted by Crippen LogP contribution is -2.33. The summed E-state index contributed by atoms with van der Waals surface area (Å²) in [6.45, 7) is 7.33. The van der Waals surface area contributed by atoms with Crippen LogP contribution in [-0.4, -0.2) is 37.5 Å². The second-order valence-corrected chi connectivity index (χ2v) is 5.02. The van der Waals surface area contributed by atoms with Gasteiger partial charge in [0.05, 0.1) is 12.7 Å². The minimum absolute atomic E-state index is 0.357. The Labute approximate surface area is 93.2 Å². The summed E-state index contributed by atoms with van der Waals surface area (Å²) in [6.07, 6.45) is 4.51. The topological polar surface area (TPSA) is 41.5 Å². The molecule has 1 rings (SSSR count). The van der Waals surface area contributed by atoms with Crippen molar-refractivity contribution in [3.8, 4) is 0 Å². The van der Waals surface area contributed by atoms with Gasteiger partial charge in [-0.2, -0.15) is 0 Å². The molecule has 3 heteroatoms. The van der Waals surface area contributed by atoms with Crippen molar-refractivity contribution in [3.05, 3.63) is 0 Å². The van der Waals surface area contributed by atoms with Gasteiger partial charge in [-0.15, -0.1) is 0 Å². The Kier molecular flexibility index (Phi) is 5.58. The first-order chi connectivity index (χ1) is 7.16. The highest BCUT2D eigenvalue weighted by atomic mass is 16.5. The third-order valence-corrected chi connectivity index (χ3v) is 2.99. The highest BCUT2D eigenvalue weighted by Gasteiger charge is 2.36. The van der Waals surface area contributed by atoms with Crippen molar-refractivity contribution in [1.82, 2.24) is 5.32 Å². The lowest BCUT2D eigenvalue weighted by molar-refractivity contribution is 0.0355. The predicted octanol–water partition coefficient (Wildman–Crippen LogP) is 1.55. The third-order valence-electron chi connectivity index (χ3n) is 2.99. The molecule has 0 saturated heterocycles. The second kappa shape index (κ2) is 6.46. The van der Waals surface area contributed by atoms with Gasteiger partial charge in [0, 0.05) is 19.7 Å². The molecule has 1 unspecified atom stereocenters. The molecular weight excluding hydrogens is 190 g/mol. The molecule has 2 N–H and O–H groups in total. The molecule has 1 fully saturated rings. The maximum absolute atomic E-state index is 9.58. The van der Waals surface area contributed by atoms with Gasteiger partial charge in [0.2, 0.25) is 0 Å². The summed E-state index contributed by atoms with van der Waals surface area (Å²) in [6, 6.07) is 0. The maximum atomic E-state index is 9.58. The van der Waals surface area contributed by atoms with Gasteiger partial charge in [-0.05, 0) is 24.7 Å². The lowest BCUT2D eigenvalue weighted by atomic mass is 10.1. The van der Waals surface area contributed by atoms with Crippen LogP contribution in [0.2, 0.25) is 0 Å². The van der Waals surface area contributed by atoms with E-state index >= 15 is 0 Å². The fourth-order valence-corrected chi connectivity index (χ4v) is 1.46. The number of aliphatic hydroxyl groups is 1. The van der Waals surface area contributed by atoms with Crippen molar-refractivity contribution in [3.63, 3.8) is 0 Å². The van der Waals surface area contributed by atoms with E-state index in [1.807, 2.05) is 0 Å². The van der Waals surface area contributed by atoms with Gasteiger partial charge >= 0.3 is 0 Å². The van der Waals surface area contributed by atoms with Crippen LogP contribution in [0.1, 0.15) is 39.5 Å². The van der Waals surface area contributed by atoms with Crippen LogP contribution in [0.4, 0.5) is 0 Å². The first kappa shape index (κ1) is 12.9. The summed E-state index contributed by atoms with van der Waals surface area (Å²) in [4.78, 5) is 0. The third kappa shape index (κ3) is 6.13. The van der Waals surface area contributed by atoms with E-state index < -0.39 is 0 Å². The molecule has 1 atom stereocenters. The molecule has 90 valence electrons. The Morgan fingerprint density at radius 3 is 2.80 bits per heavy atom. The van der Waals surface area contributed by atoms with Crippen LogP contribution in [0.3, 0.4) is 0 Å². The van der Waals surface area contributed by atoms with Gasteiger partial charge in [0.25, 0.3) is 0 Å². The van der Waals surface area contributed by atoms with Crippen LogP contribution < -0.4 is 5.32 Å². The van der Waals surface area contributed by atoms with Crippen molar-refractivity contribution < 1.29 is 9.84 Å². The van der Waals surface area contributed by atoms with Gasteiger partial charge in [-0.25, -0.2) is 0 Å². The number of unbranched alkanes of at least 4 members (excludes halogenated alkanes) is 1. The number of hydrogen-bond donors (Lipinski definition) is 2. The summed E-state index contributed by atoms with van der Waals surface area (Å²) >= 11 is 0. The highest BCUT2D eigenvalue weighted by molar-refractivity contribution is 4.90. The molecule has 0 radical (unpaired) electrons. The molecule has 1 saturated carbocycles. The molecule has 1 aliphatic carbocycles. The van der Waals surface area contributed by atoms with E-state index in [1.165, 1.54) is 12.8 Å². The monoisotopic (exact) mass is 215 g/mol. The lowest BCUT2D eigenvalue weighted by Gasteiger charge is -2.14. The molecule has 3 nitrogen and oxygen atoms in total. The van der Waals surface area contributed by atoms with Gasteiger partial charge in [-0.1, -0.05) is 20.3 Å². The van der Waals surface area contributed by atoms with Gasteiger partial charge < -0.3 is 15.2 Å². The Bertz CT molecular complexity index is 169. The van der Waals surface area contributed by atoms with Crippen molar-refractivity contribution in [2.24, 2.45) is 5.41 Å². The fourth-order valence-electron chi connectivity index (χ4n) is 1.46. The summed E-state index contributed by atoms with van der Waals surface area (Å²) < 4.78 is 5.34. The van der Waals surface area contributed by atoms with Crippen LogP contribution in [0.5, 0.6) is 0 Å². The average Bonchev–Trinajstić information content (AvgIpc) is 2.92. The van der Waals surface area contributed by atoms with Crippen molar-refractivity contribution in [1.29, 1.82) is 0 Å². The van der Waals surface area contributed by atoms with Gasteiger partial charge in [0.1, 0.15) is 0 Å². The zero-order valence-corrected chi connectivity index (χ0v) is 10.1. The normalized spacial score (nSPS) is 20.2. The minimum Gasteiger partial charge on any atom is -0.389 e. The Morgan fingerprint density at radius 1 is 1.47 bits per heavy atom. The van der Waals surface area contributed by atoms with Crippen LogP contribution in [0.15, 0.2) is 0 Å². The molecule has 1 aliphatic rings. The van der Waals surface area contributed by atoms with Crippen LogP contribution in [0.25, 0.3) is 0 Å². The average molecular weight is 215 g/mol. The molecule has 0 aromatic heterocycles. The smallest absolute Gasteiger partial charge is 0.0897 e. The molecule has 0 amide bonds. The molecule has 0 bridgehead atoms. The molecule has 0 heterocycles. The summed E-state index contributed by atoms with van der Waals surface area (Å²) in [5, 5.41) is 12.9. The largest absolute Gasteiger partial charge is 0.389 e. The van der Waals surface area contributed by atoms with Crippen LogP contribution in [0, 0.1) is 5.41 Å². The molecule has 15 heavy (non-hydrogen) atoms. The number of hydrogen-bond acceptors (Lipinski definition) is 3. The van der Waals surface area contributed by atoms with Crippen LogP contribution >= 0.6 is 0 Å². The minimum atomic E-state index is -0.357. The van der Waals surface area contributed by atoms with E-state index in [2.05, 4.69) is 19.2 Å². The van der Waals surface area contributed by atoms with E-state index in [0.717, 1.165) is 26.0 Å². The zero-order chi connectivity index (χ0) is 11.1. The number of aliphatic hydroxyl groups excluding tert-OH is 1. The van der Waals surface area contributed by atoms with Gasteiger partial charge in [-0.3, -0.25) is 0 Å². The summed E-state index contributed by atoms with van der Waals surface area (Å²) in [5.41, 5.74) is 0.517. The molecule has 0 spiro atoms. The summed E-state index contributed by atoms with van der Waals surface area (Å²) in [5.74, 6) is 0. The van der Waals surface area contributed by atoms with E-state index in [-0.39, 0.29) is 6.10 Å². The van der Waals surface area contributed by atoms with Gasteiger partial charge in [0.15, 0.2) is 0 Å². The van der Waals surface area contributed by atoms with Crippen LogP contribution in [-0.2, 0) is 4.74 Å². The first-order valence-corrected chi connectivity index (χ1v) is 6.13. The second-order valence-electron chi connectivity index (χ2n) is 5.02. The SMILES string of the molecule is CCCCOCC(O)CNCC1(C)CC1. The molecular formula is C12H25NO2. The summed E-state index contributed by atoms with van der Waals surface area (Å²) in [7, 11) is 0. The maximum Gasteiger partial charge on any atom is 0.0897 e. The highest BCUT2D eigenvalue weighted by Crippen LogP contribution is 2.43. The Balaban J connectivity index is 1.87. The fraction of sp³-hybridized carbons (Fsp3) is 1.00. The quantitative estimate of drug-likeness (QED) is 0.573. The van der Waals surface area contributed by atoms with Crippen molar-refractivity contribution >= 4 is 0 Å². The van der Waals surface area contributed by atoms with Crippen molar-refractivity contribution in [2.45, 2.75) is 45.6 Å². The number of rotatable bonds is 9. The van der Waals surface area contributed by atoms with Crippen molar-refractivity contribution in [2.75, 3.05) is 26.3 Å². The molecule has 0 aromatic carbocycles. The standard InChI is InChI=1S/C12H25NO2/c1-3-4-7-15-9-11(14)8-13-10-12(2)5-6-12/h11,13-14H,3-10H2,1-2H3. The van der Waals surface area contributed by atoms with E-state index in [0.29, 0.717) is 18.6 Å². The Hall–Kier alpha value is -0.120. The first-order valence-electron chi connectivity index (χ1n) is 6.13.